The van der Waals surface area contributed by atoms with Gasteiger partial charge in [-0.15, -0.1) is 0 Å². The summed E-state index contributed by atoms with van der Waals surface area (Å²) in [4.78, 5) is 0. The van der Waals surface area contributed by atoms with E-state index < -0.39 is 0 Å². The van der Waals surface area contributed by atoms with E-state index in [-0.39, 0.29) is 0 Å². The summed E-state index contributed by atoms with van der Waals surface area (Å²) in [5.41, 5.74) is 3.61. The molecule has 3 atom stereocenters. The third-order valence-corrected chi connectivity index (χ3v) is 4.45. The third kappa shape index (κ3) is 2.66. The largest absolute Gasteiger partial charge is 0.359 e. The maximum Gasteiger partial charge on any atom is 0.171 e. The van der Waals surface area contributed by atoms with E-state index in [2.05, 4.69) is 54.8 Å². The van der Waals surface area contributed by atoms with Crippen LogP contribution < -0.4 is 10.6 Å². The van der Waals surface area contributed by atoms with Gasteiger partial charge in [0.05, 0.1) is 0 Å². The summed E-state index contributed by atoms with van der Waals surface area (Å²) in [7, 11) is 0. The number of anilines is 1. The van der Waals surface area contributed by atoms with Crippen molar-refractivity contribution in [3.63, 3.8) is 0 Å². The van der Waals surface area contributed by atoms with Crippen molar-refractivity contribution in [3.8, 4) is 0 Å². The topological polar surface area (TPSA) is 24.1 Å². The number of thiocarbonyl (C=S) groups is 1. The van der Waals surface area contributed by atoms with Crippen LogP contribution in [0.15, 0.2) is 30.4 Å². The van der Waals surface area contributed by atoms with Crippen LogP contribution in [0, 0.1) is 25.7 Å². The first-order valence-electron chi connectivity index (χ1n) is 6.95. The molecule has 2 aliphatic carbocycles. The molecule has 1 aromatic rings. The zero-order valence-corrected chi connectivity index (χ0v) is 12.3. The lowest BCUT2D eigenvalue weighted by Gasteiger charge is -2.22. The van der Waals surface area contributed by atoms with Crippen molar-refractivity contribution < 1.29 is 0 Å². The molecule has 19 heavy (non-hydrogen) atoms. The summed E-state index contributed by atoms with van der Waals surface area (Å²) in [5, 5.41) is 7.54. The predicted octanol–water partition coefficient (Wildman–Crippen LogP) is 3.55. The molecule has 2 N–H and O–H groups in total. The molecule has 2 nitrogen and oxygen atoms in total. The van der Waals surface area contributed by atoms with Gasteiger partial charge in [-0.1, -0.05) is 29.8 Å². The summed E-state index contributed by atoms with van der Waals surface area (Å²) in [5.74, 6) is 1.44. The van der Waals surface area contributed by atoms with Crippen LogP contribution in [0.5, 0.6) is 0 Å². The van der Waals surface area contributed by atoms with E-state index in [0.717, 1.165) is 16.7 Å². The molecule has 0 unspecified atom stereocenters. The van der Waals surface area contributed by atoms with E-state index in [1.807, 2.05) is 0 Å². The van der Waals surface area contributed by atoms with Gasteiger partial charge in [0.25, 0.3) is 0 Å². The molecule has 0 aromatic heterocycles. The number of aryl methyl sites for hydroxylation is 2. The Kier molecular flexibility index (Phi) is 3.31. The summed E-state index contributed by atoms with van der Waals surface area (Å²) in [6, 6.07) is 6.89. The van der Waals surface area contributed by atoms with Crippen molar-refractivity contribution in [3.05, 3.63) is 41.5 Å². The van der Waals surface area contributed by atoms with Crippen molar-refractivity contribution in [2.75, 3.05) is 5.32 Å². The van der Waals surface area contributed by atoms with Gasteiger partial charge in [0.1, 0.15) is 0 Å². The molecule has 0 spiro atoms. The zero-order valence-electron chi connectivity index (χ0n) is 11.4. The normalized spacial score (nSPS) is 27.6. The molecule has 2 aliphatic rings. The number of fused-ring (bicyclic) bond motifs is 2. The first kappa shape index (κ1) is 12.7. The fourth-order valence-electron chi connectivity index (χ4n) is 3.23. The smallest absolute Gasteiger partial charge is 0.171 e. The Morgan fingerprint density at radius 1 is 1.21 bits per heavy atom. The van der Waals surface area contributed by atoms with Gasteiger partial charge in [-0.3, -0.25) is 0 Å². The SMILES string of the molecule is Cc1ccc(NC(=S)N[C@H]2C[C@H]3C=C[C@H]2C3)c(C)c1. The summed E-state index contributed by atoms with van der Waals surface area (Å²) in [6.45, 7) is 4.22. The number of nitrogens with one attached hydrogen (secondary N) is 2. The van der Waals surface area contributed by atoms with E-state index in [1.54, 1.807) is 0 Å². The molecule has 0 heterocycles. The molecule has 2 bridgehead atoms. The highest BCUT2D eigenvalue weighted by Gasteiger charge is 2.35. The fraction of sp³-hybridized carbons (Fsp3) is 0.438. The van der Waals surface area contributed by atoms with Crippen LogP contribution in [-0.4, -0.2) is 11.2 Å². The van der Waals surface area contributed by atoms with Gasteiger partial charge in [-0.25, -0.2) is 0 Å². The van der Waals surface area contributed by atoms with Crippen molar-refractivity contribution >= 4 is 23.0 Å². The van der Waals surface area contributed by atoms with Crippen molar-refractivity contribution in [1.82, 2.24) is 5.32 Å². The monoisotopic (exact) mass is 272 g/mol. The van der Waals surface area contributed by atoms with E-state index in [1.165, 1.54) is 24.0 Å². The first-order chi connectivity index (χ1) is 9.11. The molecular formula is C16H20N2S. The number of hydrogen-bond donors (Lipinski definition) is 2. The van der Waals surface area contributed by atoms with Gasteiger partial charge >= 0.3 is 0 Å². The zero-order chi connectivity index (χ0) is 13.4. The maximum absolute atomic E-state index is 5.43. The standard InChI is InChI=1S/C16H20N2S/c1-10-3-6-14(11(2)7-10)17-16(19)18-15-9-12-4-5-13(15)8-12/h3-7,12-13,15H,8-9H2,1-2H3,(H2,17,18,19)/t12-,13-,15-/m0/s1. The Bertz CT molecular complexity index is 536. The van der Waals surface area contributed by atoms with E-state index >= 15 is 0 Å². The van der Waals surface area contributed by atoms with E-state index in [4.69, 9.17) is 12.2 Å². The van der Waals surface area contributed by atoms with Gasteiger partial charge in [-0.05, 0) is 62.4 Å². The highest BCUT2D eigenvalue weighted by atomic mass is 32.1. The minimum Gasteiger partial charge on any atom is -0.359 e. The van der Waals surface area contributed by atoms with Gasteiger partial charge in [0.15, 0.2) is 5.11 Å². The average molecular weight is 272 g/mol. The van der Waals surface area contributed by atoms with Crippen LogP contribution in [0.2, 0.25) is 0 Å². The summed E-state index contributed by atoms with van der Waals surface area (Å²) in [6.07, 6.45) is 7.20. The lowest BCUT2D eigenvalue weighted by Crippen LogP contribution is -2.40. The minimum absolute atomic E-state index is 0.515. The van der Waals surface area contributed by atoms with Gasteiger partial charge in [-0.2, -0.15) is 0 Å². The van der Waals surface area contributed by atoms with Crippen LogP contribution in [0.4, 0.5) is 5.69 Å². The maximum atomic E-state index is 5.43. The highest BCUT2D eigenvalue weighted by molar-refractivity contribution is 7.80. The van der Waals surface area contributed by atoms with Crippen molar-refractivity contribution in [2.45, 2.75) is 32.7 Å². The molecule has 0 amide bonds. The highest BCUT2D eigenvalue weighted by Crippen LogP contribution is 2.38. The number of hydrogen-bond acceptors (Lipinski definition) is 1. The lowest BCUT2D eigenvalue weighted by molar-refractivity contribution is 0.526. The van der Waals surface area contributed by atoms with E-state index in [9.17, 15) is 0 Å². The summed E-state index contributed by atoms with van der Waals surface area (Å²) < 4.78 is 0. The molecule has 1 fully saturated rings. The molecule has 1 aromatic carbocycles. The van der Waals surface area contributed by atoms with Crippen molar-refractivity contribution in [1.29, 1.82) is 0 Å². The van der Waals surface area contributed by atoms with Crippen LogP contribution in [0.1, 0.15) is 24.0 Å². The summed E-state index contributed by atoms with van der Waals surface area (Å²) >= 11 is 5.43. The van der Waals surface area contributed by atoms with Crippen LogP contribution in [0.3, 0.4) is 0 Å². The molecule has 0 saturated heterocycles. The molecule has 1 saturated carbocycles. The first-order valence-corrected chi connectivity index (χ1v) is 7.36. The van der Waals surface area contributed by atoms with Crippen LogP contribution in [0.25, 0.3) is 0 Å². The number of benzene rings is 1. The lowest BCUT2D eigenvalue weighted by atomic mass is 10.0. The number of allylic oxidation sites excluding steroid dienone is 1. The Morgan fingerprint density at radius 2 is 2.05 bits per heavy atom. The quantitative estimate of drug-likeness (QED) is 0.636. The molecule has 3 heteroatoms. The Hall–Kier alpha value is -1.35. The minimum atomic E-state index is 0.515. The van der Waals surface area contributed by atoms with Crippen LogP contribution >= 0.6 is 12.2 Å². The van der Waals surface area contributed by atoms with Gasteiger partial charge in [0.2, 0.25) is 0 Å². The Balaban J connectivity index is 1.61. The molecule has 3 rings (SSSR count). The molecule has 100 valence electrons. The molecule has 0 aliphatic heterocycles. The second-order valence-electron chi connectivity index (χ2n) is 5.80. The third-order valence-electron chi connectivity index (χ3n) is 4.23. The number of rotatable bonds is 2. The van der Waals surface area contributed by atoms with Gasteiger partial charge < -0.3 is 10.6 Å². The van der Waals surface area contributed by atoms with E-state index in [0.29, 0.717) is 12.0 Å². The second kappa shape index (κ2) is 4.97. The predicted molar refractivity (Wildman–Crippen MR) is 84.4 cm³/mol. The van der Waals surface area contributed by atoms with Gasteiger partial charge in [0, 0.05) is 11.7 Å². The Morgan fingerprint density at radius 3 is 2.68 bits per heavy atom. The fourth-order valence-corrected chi connectivity index (χ4v) is 3.49. The average Bonchev–Trinajstić information content (AvgIpc) is 2.95. The van der Waals surface area contributed by atoms with Crippen molar-refractivity contribution in [2.24, 2.45) is 11.8 Å². The van der Waals surface area contributed by atoms with Crippen LogP contribution in [-0.2, 0) is 0 Å². The molecule has 0 radical (unpaired) electrons. The Labute approximate surface area is 120 Å². The second-order valence-corrected chi connectivity index (χ2v) is 6.21. The molecular weight excluding hydrogens is 252 g/mol.